The molecular formula is C18H17NO2. The van der Waals surface area contributed by atoms with E-state index in [1.54, 1.807) is 0 Å². The zero-order valence-corrected chi connectivity index (χ0v) is 11.8. The molecule has 3 nitrogen and oxygen atoms in total. The fourth-order valence-corrected chi connectivity index (χ4v) is 3.17. The molecule has 0 saturated carbocycles. The molecule has 1 N–H and O–H groups in total. The molecule has 0 fully saturated rings. The van der Waals surface area contributed by atoms with Crippen LogP contribution in [0, 0.1) is 0 Å². The lowest BCUT2D eigenvalue weighted by Gasteiger charge is -2.18. The number of anilines is 1. The van der Waals surface area contributed by atoms with Crippen LogP contribution >= 0.6 is 0 Å². The van der Waals surface area contributed by atoms with Crippen molar-refractivity contribution in [2.24, 2.45) is 0 Å². The number of rotatable bonds is 2. The van der Waals surface area contributed by atoms with Gasteiger partial charge in [0, 0.05) is 24.2 Å². The van der Waals surface area contributed by atoms with Crippen molar-refractivity contribution < 1.29 is 9.53 Å². The highest BCUT2D eigenvalue weighted by atomic mass is 16.5. The predicted molar refractivity (Wildman–Crippen MR) is 82.3 cm³/mol. The van der Waals surface area contributed by atoms with Gasteiger partial charge in [0.2, 0.25) is 0 Å². The number of ketones is 1. The van der Waals surface area contributed by atoms with Crippen molar-refractivity contribution in [3.05, 3.63) is 58.7 Å². The fraction of sp³-hybridized carbons (Fsp3) is 0.278. The summed E-state index contributed by atoms with van der Waals surface area (Å²) in [4.78, 5) is 12.8. The minimum Gasteiger partial charge on any atom is -0.492 e. The van der Waals surface area contributed by atoms with E-state index in [1.807, 2.05) is 36.4 Å². The number of hydrogen-bond donors (Lipinski definition) is 1. The number of para-hydroxylation sites is 1. The van der Waals surface area contributed by atoms with Crippen molar-refractivity contribution in [3.63, 3.8) is 0 Å². The van der Waals surface area contributed by atoms with Gasteiger partial charge in [-0.3, -0.25) is 4.79 Å². The summed E-state index contributed by atoms with van der Waals surface area (Å²) in [6.45, 7) is 1.69. The first-order valence-corrected chi connectivity index (χ1v) is 7.49. The summed E-state index contributed by atoms with van der Waals surface area (Å²) < 4.78 is 5.65. The van der Waals surface area contributed by atoms with Gasteiger partial charge < -0.3 is 10.1 Å². The molecule has 0 bridgehead atoms. The lowest BCUT2D eigenvalue weighted by molar-refractivity contribution is 0.103. The van der Waals surface area contributed by atoms with Crippen LogP contribution in [0.5, 0.6) is 5.75 Å². The zero-order valence-electron chi connectivity index (χ0n) is 11.8. The molecule has 0 radical (unpaired) electrons. The molecule has 21 heavy (non-hydrogen) atoms. The van der Waals surface area contributed by atoms with Crippen LogP contribution < -0.4 is 10.1 Å². The SMILES string of the molecule is O=C(c1ccc2c(c1)CCCN2)c1cccc2c1OCC2. The maximum Gasteiger partial charge on any atom is 0.196 e. The lowest BCUT2D eigenvalue weighted by Crippen LogP contribution is -2.13. The fourth-order valence-electron chi connectivity index (χ4n) is 3.17. The molecule has 3 heteroatoms. The van der Waals surface area contributed by atoms with Crippen LogP contribution in [0.2, 0.25) is 0 Å². The van der Waals surface area contributed by atoms with E-state index in [-0.39, 0.29) is 5.78 Å². The first-order valence-electron chi connectivity index (χ1n) is 7.49. The van der Waals surface area contributed by atoms with Gasteiger partial charge in [0.25, 0.3) is 0 Å². The molecule has 0 saturated heterocycles. The van der Waals surface area contributed by atoms with E-state index in [0.29, 0.717) is 12.2 Å². The summed E-state index contributed by atoms with van der Waals surface area (Å²) in [6, 6.07) is 11.8. The quantitative estimate of drug-likeness (QED) is 0.858. The summed E-state index contributed by atoms with van der Waals surface area (Å²) in [5.41, 5.74) is 4.98. The number of aryl methyl sites for hydroxylation is 1. The molecule has 4 rings (SSSR count). The summed E-state index contributed by atoms with van der Waals surface area (Å²) in [7, 11) is 0. The van der Waals surface area contributed by atoms with Crippen LogP contribution in [-0.4, -0.2) is 18.9 Å². The van der Waals surface area contributed by atoms with E-state index in [1.165, 1.54) is 5.56 Å². The third kappa shape index (κ3) is 2.09. The number of fused-ring (bicyclic) bond motifs is 2. The van der Waals surface area contributed by atoms with E-state index < -0.39 is 0 Å². The molecule has 0 spiro atoms. The summed E-state index contributed by atoms with van der Waals surface area (Å²) in [5, 5.41) is 3.37. The van der Waals surface area contributed by atoms with Crippen LogP contribution in [0.3, 0.4) is 0 Å². The normalized spacial score (nSPS) is 15.6. The van der Waals surface area contributed by atoms with Crippen LogP contribution in [0.25, 0.3) is 0 Å². The highest BCUT2D eigenvalue weighted by Gasteiger charge is 2.22. The maximum absolute atomic E-state index is 12.8. The first kappa shape index (κ1) is 12.5. The van der Waals surface area contributed by atoms with E-state index in [9.17, 15) is 4.79 Å². The zero-order chi connectivity index (χ0) is 14.2. The first-order chi connectivity index (χ1) is 10.3. The van der Waals surface area contributed by atoms with Gasteiger partial charge in [0.05, 0.1) is 12.2 Å². The smallest absolute Gasteiger partial charge is 0.196 e. The van der Waals surface area contributed by atoms with E-state index in [4.69, 9.17) is 4.74 Å². The van der Waals surface area contributed by atoms with Crippen LogP contribution in [-0.2, 0) is 12.8 Å². The van der Waals surface area contributed by atoms with Gasteiger partial charge in [-0.05, 0) is 48.2 Å². The Bertz CT molecular complexity index is 721. The van der Waals surface area contributed by atoms with Crippen molar-refractivity contribution in [2.75, 3.05) is 18.5 Å². The monoisotopic (exact) mass is 279 g/mol. The molecular weight excluding hydrogens is 262 g/mol. The second-order valence-electron chi connectivity index (χ2n) is 5.62. The van der Waals surface area contributed by atoms with E-state index >= 15 is 0 Å². The van der Waals surface area contributed by atoms with Gasteiger partial charge in [-0.1, -0.05) is 12.1 Å². The molecule has 0 atom stereocenters. The predicted octanol–water partition coefficient (Wildman–Crippen LogP) is 3.21. The molecule has 0 unspecified atom stereocenters. The summed E-state index contributed by atoms with van der Waals surface area (Å²) >= 11 is 0. The molecule has 2 aliphatic heterocycles. The number of carbonyl (C=O) groups excluding carboxylic acids is 1. The Morgan fingerprint density at radius 2 is 2.05 bits per heavy atom. The summed E-state index contributed by atoms with van der Waals surface area (Å²) in [5.74, 6) is 0.834. The second-order valence-corrected chi connectivity index (χ2v) is 5.62. The minimum atomic E-state index is 0.0575. The molecule has 2 aromatic rings. The summed E-state index contributed by atoms with van der Waals surface area (Å²) in [6.07, 6.45) is 3.05. The number of nitrogens with one attached hydrogen (secondary N) is 1. The van der Waals surface area contributed by atoms with Gasteiger partial charge in [-0.15, -0.1) is 0 Å². The number of ether oxygens (including phenoxy) is 1. The van der Waals surface area contributed by atoms with Crippen LogP contribution in [0.15, 0.2) is 36.4 Å². The molecule has 0 aliphatic carbocycles. The van der Waals surface area contributed by atoms with Crippen LogP contribution in [0.1, 0.15) is 33.5 Å². The standard InChI is InChI=1S/C18H17NO2/c20-17(15-5-1-3-12-8-10-21-18(12)15)14-6-7-16-13(11-14)4-2-9-19-16/h1,3,5-7,11,19H,2,4,8-10H2. The Hall–Kier alpha value is -2.29. The van der Waals surface area contributed by atoms with Gasteiger partial charge in [-0.2, -0.15) is 0 Å². The van der Waals surface area contributed by atoms with E-state index in [2.05, 4.69) is 5.32 Å². The highest BCUT2D eigenvalue weighted by Crippen LogP contribution is 2.32. The molecule has 106 valence electrons. The van der Waals surface area contributed by atoms with Crippen molar-refractivity contribution in [1.29, 1.82) is 0 Å². The Kier molecular flexibility index (Phi) is 2.92. The van der Waals surface area contributed by atoms with Crippen molar-refractivity contribution in [1.82, 2.24) is 0 Å². The molecule has 2 aliphatic rings. The maximum atomic E-state index is 12.8. The highest BCUT2D eigenvalue weighted by molar-refractivity contribution is 6.11. The average molecular weight is 279 g/mol. The average Bonchev–Trinajstić information content (AvgIpc) is 3.02. The third-order valence-electron chi connectivity index (χ3n) is 4.26. The van der Waals surface area contributed by atoms with Crippen molar-refractivity contribution in [2.45, 2.75) is 19.3 Å². The Balaban J connectivity index is 1.74. The molecule has 2 heterocycles. The Morgan fingerprint density at radius 1 is 1.10 bits per heavy atom. The molecule has 2 aromatic carbocycles. The van der Waals surface area contributed by atoms with Crippen molar-refractivity contribution >= 4 is 11.5 Å². The van der Waals surface area contributed by atoms with Gasteiger partial charge in [0.15, 0.2) is 5.78 Å². The molecule has 0 amide bonds. The lowest BCUT2D eigenvalue weighted by atomic mass is 9.95. The molecule has 0 aromatic heterocycles. The number of hydrogen-bond acceptors (Lipinski definition) is 3. The van der Waals surface area contributed by atoms with Crippen LogP contribution in [0.4, 0.5) is 5.69 Å². The van der Waals surface area contributed by atoms with E-state index in [0.717, 1.165) is 48.4 Å². The van der Waals surface area contributed by atoms with Crippen molar-refractivity contribution in [3.8, 4) is 5.75 Å². The largest absolute Gasteiger partial charge is 0.492 e. The Labute approximate surface area is 123 Å². The van der Waals surface area contributed by atoms with Gasteiger partial charge >= 0.3 is 0 Å². The Morgan fingerprint density at radius 3 is 3.00 bits per heavy atom. The second kappa shape index (κ2) is 4.92. The topological polar surface area (TPSA) is 38.3 Å². The number of benzene rings is 2. The van der Waals surface area contributed by atoms with Gasteiger partial charge in [-0.25, -0.2) is 0 Å². The minimum absolute atomic E-state index is 0.0575. The third-order valence-corrected chi connectivity index (χ3v) is 4.26. The van der Waals surface area contributed by atoms with Gasteiger partial charge in [0.1, 0.15) is 5.75 Å². The number of carbonyl (C=O) groups is 1.